The Balaban J connectivity index is 1.85. The highest BCUT2D eigenvalue weighted by atomic mass is 16.2. The van der Waals surface area contributed by atoms with Crippen molar-refractivity contribution in [3.05, 3.63) is 24.3 Å². The molecule has 0 saturated carbocycles. The number of benzene rings is 1. The van der Waals surface area contributed by atoms with Crippen molar-refractivity contribution in [2.75, 3.05) is 29.9 Å². The molecule has 1 aliphatic rings. The van der Waals surface area contributed by atoms with Crippen LogP contribution in [0.1, 0.15) is 26.7 Å². The van der Waals surface area contributed by atoms with Crippen LogP contribution in [0.4, 0.5) is 16.2 Å². The zero-order chi connectivity index (χ0) is 16.8. The van der Waals surface area contributed by atoms with Crippen molar-refractivity contribution in [3.63, 3.8) is 0 Å². The van der Waals surface area contributed by atoms with Gasteiger partial charge < -0.3 is 21.3 Å². The monoisotopic (exact) mass is 318 g/mol. The number of urea groups is 1. The summed E-state index contributed by atoms with van der Waals surface area (Å²) in [6.45, 7) is 6.41. The van der Waals surface area contributed by atoms with Crippen LogP contribution >= 0.6 is 0 Å². The van der Waals surface area contributed by atoms with Gasteiger partial charge in [-0.05, 0) is 43.0 Å². The molecule has 4 N–H and O–H groups in total. The molecule has 1 aromatic carbocycles. The summed E-state index contributed by atoms with van der Waals surface area (Å²) >= 11 is 0. The molecular weight excluding hydrogens is 292 g/mol. The Kier molecular flexibility index (Phi) is 5.84. The molecule has 0 bridgehead atoms. The quantitative estimate of drug-likeness (QED) is 0.777. The standard InChI is InChI=1S/C17H26N4O2/c1-12(2)11-19-17(23)20-14-3-5-15(6-4-14)21-9-7-13(8-10-21)16(18)22/h3-6,12-13H,7-11H2,1-2H3,(H2,18,22)(H2,19,20,23). The third-order valence-electron chi connectivity index (χ3n) is 4.06. The largest absolute Gasteiger partial charge is 0.371 e. The van der Waals surface area contributed by atoms with Crippen LogP contribution in [-0.4, -0.2) is 31.6 Å². The number of nitrogens with one attached hydrogen (secondary N) is 2. The maximum atomic E-state index is 11.7. The SMILES string of the molecule is CC(C)CNC(=O)Nc1ccc(N2CCC(C(N)=O)CC2)cc1. The number of carbonyl (C=O) groups is 2. The van der Waals surface area contributed by atoms with E-state index in [0.717, 1.165) is 37.3 Å². The lowest BCUT2D eigenvalue weighted by Gasteiger charge is -2.32. The molecular formula is C17H26N4O2. The number of piperidine rings is 1. The number of hydrogen-bond donors (Lipinski definition) is 3. The van der Waals surface area contributed by atoms with Crippen LogP contribution in [0.25, 0.3) is 0 Å². The molecule has 1 fully saturated rings. The van der Waals surface area contributed by atoms with Gasteiger partial charge >= 0.3 is 6.03 Å². The molecule has 1 saturated heterocycles. The lowest BCUT2D eigenvalue weighted by Crippen LogP contribution is -2.38. The Hall–Kier alpha value is -2.24. The predicted octanol–water partition coefficient (Wildman–Crippen LogP) is 2.17. The van der Waals surface area contributed by atoms with Gasteiger partial charge in [-0.15, -0.1) is 0 Å². The number of nitrogens with two attached hydrogens (primary N) is 1. The molecule has 126 valence electrons. The third kappa shape index (κ3) is 5.16. The van der Waals surface area contributed by atoms with Gasteiger partial charge in [0.2, 0.25) is 5.91 Å². The van der Waals surface area contributed by atoms with Crippen molar-refractivity contribution in [1.82, 2.24) is 5.32 Å². The van der Waals surface area contributed by atoms with Crippen LogP contribution in [-0.2, 0) is 4.79 Å². The van der Waals surface area contributed by atoms with E-state index >= 15 is 0 Å². The second kappa shape index (κ2) is 7.85. The lowest BCUT2D eigenvalue weighted by atomic mass is 9.96. The average molecular weight is 318 g/mol. The Morgan fingerprint density at radius 3 is 2.35 bits per heavy atom. The van der Waals surface area contributed by atoms with Crippen LogP contribution in [0.5, 0.6) is 0 Å². The normalized spacial score (nSPS) is 15.5. The van der Waals surface area contributed by atoms with Crippen LogP contribution < -0.4 is 21.3 Å². The first-order valence-electron chi connectivity index (χ1n) is 8.15. The number of nitrogens with zero attached hydrogens (tertiary/aromatic N) is 1. The second-order valence-corrected chi connectivity index (χ2v) is 6.44. The molecule has 3 amide bonds. The zero-order valence-corrected chi connectivity index (χ0v) is 13.8. The molecule has 0 spiro atoms. The third-order valence-corrected chi connectivity index (χ3v) is 4.06. The summed E-state index contributed by atoms with van der Waals surface area (Å²) in [4.78, 5) is 25.2. The second-order valence-electron chi connectivity index (χ2n) is 6.44. The molecule has 2 rings (SSSR count). The van der Waals surface area contributed by atoms with E-state index in [1.165, 1.54) is 0 Å². The van der Waals surface area contributed by atoms with E-state index in [1.807, 2.05) is 24.3 Å². The molecule has 1 heterocycles. The Bertz CT molecular complexity index is 534. The van der Waals surface area contributed by atoms with Gasteiger partial charge in [0.05, 0.1) is 0 Å². The molecule has 0 unspecified atom stereocenters. The molecule has 1 aromatic rings. The minimum Gasteiger partial charge on any atom is -0.371 e. The van der Waals surface area contributed by atoms with E-state index in [4.69, 9.17) is 5.73 Å². The highest BCUT2D eigenvalue weighted by Crippen LogP contribution is 2.24. The first-order valence-corrected chi connectivity index (χ1v) is 8.15. The molecule has 0 aliphatic carbocycles. The minimum absolute atomic E-state index is 0.00292. The van der Waals surface area contributed by atoms with Crippen molar-refractivity contribution in [2.24, 2.45) is 17.6 Å². The van der Waals surface area contributed by atoms with Crippen molar-refractivity contribution in [2.45, 2.75) is 26.7 Å². The fourth-order valence-electron chi connectivity index (χ4n) is 2.65. The average Bonchev–Trinajstić information content (AvgIpc) is 2.54. The maximum absolute atomic E-state index is 11.7. The molecule has 1 aliphatic heterocycles. The first-order chi connectivity index (χ1) is 11.0. The van der Waals surface area contributed by atoms with Gasteiger partial charge in [0.25, 0.3) is 0 Å². The van der Waals surface area contributed by atoms with Gasteiger partial charge in [0.15, 0.2) is 0 Å². The maximum Gasteiger partial charge on any atom is 0.319 e. The van der Waals surface area contributed by atoms with Gasteiger partial charge in [0, 0.05) is 36.9 Å². The first kappa shape index (κ1) is 17.1. The van der Waals surface area contributed by atoms with Crippen molar-refractivity contribution in [1.29, 1.82) is 0 Å². The van der Waals surface area contributed by atoms with Gasteiger partial charge in [-0.25, -0.2) is 4.79 Å². The Morgan fingerprint density at radius 1 is 1.22 bits per heavy atom. The minimum atomic E-state index is -0.198. The smallest absolute Gasteiger partial charge is 0.319 e. The number of carbonyl (C=O) groups excluding carboxylic acids is 2. The topological polar surface area (TPSA) is 87.5 Å². The molecule has 6 nitrogen and oxygen atoms in total. The highest BCUT2D eigenvalue weighted by molar-refractivity contribution is 5.89. The van der Waals surface area contributed by atoms with Gasteiger partial charge in [-0.1, -0.05) is 13.8 Å². The van der Waals surface area contributed by atoms with E-state index in [-0.39, 0.29) is 17.9 Å². The van der Waals surface area contributed by atoms with Crippen LogP contribution in [0.3, 0.4) is 0 Å². The molecule has 0 atom stereocenters. The summed E-state index contributed by atoms with van der Waals surface area (Å²) in [6.07, 6.45) is 1.60. The lowest BCUT2D eigenvalue weighted by molar-refractivity contribution is -0.122. The Morgan fingerprint density at radius 2 is 1.83 bits per heavy atom. The number of amides is 3. The van der Waals surface area contributed by atoms with E-state index < -0.39 is 0 Å². The molecule has 6 heteroatoms. The summed E-state index contributed by atoms with van der Waals surface area (Å²) in [5, 5.41) is 5.64. The van der Waals surface area contributed by atoms with Gasteiger partial charge in [0.1, 0.15) is 0 Å². The Labute approximate surface area is 137 Å². The van der Waals surface area contributed by atoms with Crippen molar-refractivity contribution in [3.8, 4) is 0 Å². The van der Waals surface area contributed by atoms with E-state index in [0.29, 0.717) is 12.5 Å². The summed E-state index contributed by atoms with van der Waals surface area (Å²) in [7, 11) is 0. The number of anilines is 2. The van der Waals surface area contributed by atoms with Crippen LogP contribution in [0, 0.1) is 11.8 Å². The van der Waals surface area contributed by atoms with Crippen LogP contribution in [0.15, 0.2) is 24.3 Å². The molecule has 0 aromatic heterocycles. The summed E-state index contributed by atoms with van der Waals surface area (Å²) < 4.78 is 0. The molecule has 23 heavy (non-hydrogen) atoms. The van der Waals surface area contributed by atoms with Crippen LogP contribution in [0.2, 0.25) is 0 Å². The fourth-order valence-corrected chi connectivity index (χ4v) is 2.65. The van der Waals surface area contributed by atoms with E-state index in [1.54, 1.807) is 0 Å². The number of primary amides is 1. The number of rotatable bonds is 5. The van der Waals surface area contributed by atoms with E-state index in [2.05, 4.69) is 29.4 Å². The van der Waals surface area contributed by atoms with Crippen molar-refractivity contribution < 1.29 is 9.59 Å². The zero-order valence-electron chi connectivity index (χ0n) is 13.8. The predicted molar refractivity (Wildman–Crippen MR) is 92.4 cm³/mol. The fraction of sp³-hybridized carbons (Fsp3) is 0.529. The van der Waals surface area contributed by atoms with Gasteiger partial charge in [-0.2, -0.15) is 0 Å². The van der Waals surface area contributed by atoms with Gasteiger partial charge in [-0.3, -0.25) is 4.79 Å². The van der Waals surface area contributed by atoms with Crippen molar-refractivity contribution >= 4 is 23.3 Å². The van der Waals surface area contributed by atoms with E-state index in [9.17, 15) is 9.59 Å². The highest BCUT2D eigenvalue weighted by Gasteiger charge is 2.23. The number of hydrogen-bond acceptors (Lipinski definition) is 3. The summed E-state index contributed by atoms with van der Waals surface area (Å²) in [5.74, 6) is 0.222. The molecule has 0 radical (unpaired) electrons. The summed E-state index contributed by atoms with van der Waals surface area (Å²) in [5.41, 5.74) is 7.22. The summed E-state index contributed by atoms with van der Waals surface area (Å²) in [6, 6.07) is 7.58.